The molecule has 3 N–H and O–H groups in total. The summed E-state index contributed by atoms with van der Waals surface area (Å²) in [6.07, 6.45) is 9.81. The monoisotopic (exact) mass is 871 g/mol. The molecule has 5 atom stereocenters. The number of morpholine rings is 2. The minimum Gasteiger partial charge on any atom is -0.487 e. The number of thiophene rings is 2. The number of aliphatic imine (C=N–C) groups is 1. The predicted octanol–water partition coefficient (Wildman–Crippen LogP) is 6.14. The van der Waals surface area contributed by atoms with Crippen molar-refractivity contribution < 1.29 is 23.8 Å². The van der Waals surface area contributed by atoms with Crippen molar-refractivity contribution in [2.75, 3.05) is 51.4 Å². The van der Waals surface area contributed by atoms with Gasteiger partial charge in [0.1, 0.15) is 45.1 Å². The number of anilines is 2. The first-order chi connectivity index (χ1) is 29.2. The van der Waals surface area contributed by atoms with E-state index in [4.69, 9.17) is 31.5 Å². The highest BCUT2D eigenvalue weighted by Crippen LogP contribution is 2.43. The molecule has 0 spiro atoms. The van der Waals surface area contributed by atoms with Gasteiger partial charge < -0.3 is 35.1 Å². The van der Waals surface area contributed by atoms with Gasteiger partial charge in [-0.1, -0.05) is 11.6 Å². The van der Waals surface area contributed by atoms with Crippen molar-refractivity contribution in [3.63, 3.8) is 0 Å². The third-order valence-electron chi connectivity index (χ3n) is 12.3. The number of carbonyl (C=O) groups is 2. The third-order valence-corrected chi connectivity index (χ3v) is 14.9. The van der Waals surface area contributed by atoms with Crippen molar-refractivity contribution in [3.8, 4) is 5.75 Å². The number of hydrogen-bond donors (Lipinski definition) is 2. The van der Waals surface area contributed by atoms with Gasteiger partial charge in [0.05, 0.1) is 61.5 Å². The molecule has 2 amide bonds. The number of rotatable bonds is 7. The maximum atomic E-state index is 13.3. The molecule has 60 heavy (non-hydrogen) atoms. The summed E-state index contributed by atoms with van der Waals surface area (Å²) in [7, 11) is 0. The molecule has 0 unspecified atom stereocenters. The molecule has 0 radical (unpaired) electrons. The molecule has 14 nitrogen and oxygen atoms in total. The van der Waals surface area contributed by atoms with E-state index in [9.17, 15) is 9.59 Å². The van der Waals surface area contributed by atoms with E-state index in [0.29, 0.717) is 57.8 Å². The number of aromatic nitrogens is 4. The van der Waals surface area contributed by atoms with Crippen molar-refractivity contribution in [2.24, 2.45) is 22.6 Å². The fourth-order valence-corrected chi connectivity index (χ4v) is 11.8. The molecule has 17 heteroatoms. The quantitative estimate of drug-likeness (QED) is 0.180. The molecule has 0 saturated carbocycles. The lowest BCUT2D eigenvalue weighted by Gasteiger charge is -2.36. The Labute approximate surface area is 361 Å². The van der Waals surface area contributed by atoms with Crippen molar-refractivity contribution in [1.29, 1.82) is 0 Å². The van der Waals surface area contributed by atoms with Gasteiger partial charge in [-0.3, -0.25) is 14.6 Å². The van der Waals surface area contributed by atoms with Gasteiger partial charge >= 0.3 is 0 Å². The molecule has 2 fully saturated rings. The first kappa shape index (κ1) is 41.1. The maximum absolute atomic E-state index is 13.3. The van der Waals surface area contributed by atoms with Gasteiger partial charge in [0.15, 0.2) is 0 Å². The largest absolute Gasteiger partial charge is 0.487 e. The number of carbonyl (C=O) groups excluding carboxylic acids is 2. The summed E-state index contributed by atoms with van der Waals surface area (Å²) in [5.41, 5.74) is 11.4. The van der Waals surface area contributed by atoms with Gasteiger partial charge in [0.25, 0.3) is 0 Å². The molecule has 0 bridgehead atoms. The number of ether oxygens (including phenoxy) is 3. The van der Waals surface area contributed by atoms with E-state index in [2.05, 4.69) is 50.2 Å². The number of nitrogens with zero attached hydrogens (tertiary/aromatic N) is 7. The molecule has 10 rings (SSSR count). The van der Waals surface area contributed by atoms with E-state index in [0.717, 1.165) is 87.3 Å². The normalized spacial score (nSPS) is 22.8. The summed E-state index contributed by atoms with van der Waals surface area (Å²) in [5.74, 6) is 2.07. The van der Waals surface area contributed by atoms with Crippen molar-refractivity contribution in [2.45, 2.75) is 84.0 Å². The smallest absolute Gasteiger partial charge is 0.226 e. The Morgan fingerprint density at radius 3 is 2.12 bits per heavy atom. The second-order valence-corrected chi connectivity index (χ2v) is 18.9. The Morgan fingerprint density at radius 1 is 0.900 bits per heavy atom. The number of nitrogens with one attached hydrogen (secondary N) is 1. The van der Waals surface area contributed by atoms with Crippen LogP contribution in [0.25, 0.3) is 20.4 Å². The van der Waals surface area contributed by atoms with Crippen LogP contribution in [0.15, 0.2) is 29.8 Å². The number of aryl methyl sites for hydroxylation is 2. The second-order valence-electron chi connectivity index (χ2n) is 16.4. The van der Waals surface area contributed by atoms with Crippen molar-refractivity contribution >= 4 is 84.2 Å². The number of nitrogens with two attached hydrogens (primary N) is 1. The van der Waals surface area contributed by atoms with Crippen LogP contribution in [0.3, 0.4) is 0 Å². The Kier molecular flexibility index (Phi) is 12.0. The Morgan fingerprint density at radius 2 is 1.50 bits per heavy atom. The van der Waals surface area contributed by atoms with Gasteiger partial charge in [-0.05, 0) is 93.7 Å². The summed E-state index contributed by atoms with van der Waals surface area (Å²) in [5, 5.41) is 6.10. The Hall–Kier alpha value is -4.32. The highest BCUT2D eigenvalue weighted by Gasteiger charge is 2.36. The van der Waals surface area contributed by atoms with Crippen LogP contribution < -0.4 is 15.8 Å². The van der Waals surface area contributed by atoms with Crippen LogP contribution in [0.1, 0.15) is 65.6 Å². The summed E-state index contributed by atoms with van der Waals surface area (Å²) in [6, 6.07) is 4.40. The van der Waals surface area contributed by atoms with Crippen LogP contribution in [0, 0.1) is 11.8 Å². The predicted molar refractivity (Wildman–Crippen MR) is 235 cm³/mol. The molecular formula is C43H50ClN9O5S2. The van der Waals surface area contributed by atoms with Crippen LogP contribution in [-0.4, -0.2) is 112 Å². The molecule has 1 aromatic carbocycles. The van der Waals surface area contributed by atoms with Crippen LogP contribution in [0.5, 0.6) is 5.75 Å². The van der Waals surface area contributed by atoms with E-state index < -0.39 is 0 Å². The van der Waals surface area contributed by atoms with Crippen LogP contribution in [-0.2, 0) is 51.3 Å². The zero-order valence-corrected chi connectivity index (χ0v) is 36.5. The average Bonchev–Trinajstić information content (AvgIpc) is 3.99. The molecular weight excluding hydrogens is 822 g/mol. The molecule has 5 aliphatic rings. The first-order valence-electron chi connectivity index (χ1n) is 20.9. The van der Waals surface area contributed by atoms with Gasteiger partial charge in [0.2, 0.25) is 11.8 Å². The van der Waals surface area contributed by atoms with E-state index in [1.54, 1.807) is 29.0 Å². The fourth-order valence-electron chi connectivity index (χ4n) is 9.00. The second kappa shape index (κ2) is 17.6. The lowest BCUT2D eigenvalue weighted by Crippen LogP contribution is -2.50. The summed E-state index contributed by atoms with van der Waals surface area (Å²) >= 11 is 9.57. The summed E-state index contributed by atoms with van der Waals surface area (Å²) in [6.45, 7) is 11.0. The summed E-state index contributed by atoms with van der Waals surface area (Å²) in [4.78, 5) is 56.6. The number of hydrogen-bond acceptors (Lipinski definition) is 14. The topological polar surface area (TPSA) is 170 Å². The first-order valence-corrected chi connectivity index (χ1v) is 22.9. The van der Waals surface area contributed by atoms with Gasteiger partial charge in [-0.2, -0.15) is 0 Å². The molecule has 316 valence electrons. The van der Waals surface area contributed by atoms with Crippen LogP contribution in [0.2, 0.25) is 5.15 Å². The SMILES string of the molecule is C[C@H](CN)Oc1cc2c(cc1Nc1ncnc3sc4c(c13)CC[C@H](C(=O)N1CCOC[C@@H]1C)C4)C=NC2.C[C@H]1COCCN1C(=O)[C@H]1CCc2c(sc3ncnc(Cl)c23)C1. The average molecular weight is 873 g/mol. The molecule has 2 aliphatic carbocycles. The number of amides is 2. The number of halogens is 1. The molecule has 4 aromatic heterocycles. The van der Waals surface area contributed by atoms with Crippen molar-refractivity contribution in [1.82, 2.24) is 29.7 Å². The lowest BCUT2D eigenvalue weighted by atomic mass is 9.86. The standard InChI is InChI=1S/C27H32N6O3S.C16H18ClN3O2S/c1-15-13-35-6-5-33(15)27(34)17-3-4-20-23(9-17)37-26-24(20)25(30-14-31-26)32-21-7-18-11-29-12-19(18)8-22(21)36-16(2)10-28;1-9-7-22-5-4-20(9)16(21)10-2-3-11-12(6-10)23-15-13(11)14(17)18-8-19-15/h7-8,11,14-17H,3-6,9-10,12-13,28H2,1-2H3,(H,30,31,32);8-10H,2-7H2,1H3/t15-,16+,17-;9-,10-/m00/s1. The zero-order valence-electron chi connectivity index (χ0n) is 34.1. The van der Waals surface area contributed by atoms with E-state index in [1.807, 2.05) is 29.0 Å². The minimum absolute atomic E-state index is 0.000711. The molecule has 7 heterocycles. The molecule has 3 aliphatic heterocycles. The number of fused-ring (bicyclic) bond motifs is 7. The minimum atomic E-state index is -0.121. The molecule has 2 saturated heterocycles. The fraction of sp³-hybridized carbons (Fsp3) is 0.512. The summed E-state index contributed by atoms with van der Waals surface area (Å²) < 4.78 is 17.1. The lowest BCUT2D eigenvalue weighted by molar-refractivity contribution is -0.144. The van der Waals surface area contributed by atoms with Gasteiger partial charge in [-0.15, -0.1) is 22.7 Å². The number of benzene rings is 1. The van der Waals surface area contributed by atoms with Crippen LogP contribution in [0.4, 0.5) is 11.5 Å². The molecule has 5 aromatic rings. The zero-order chi connectivity index (χ0) is 41.5. The Bertz CT molecular complexity index is 2460. The highest BCUT2D eigenvalue weighted by molar-refractivity contribution is 7.19. The third kappa shape index (κ3) is 8.09. The van der Waals surface area contributed by atoms with Gasteiger partial charge in [0, 0.05) is 47.4 Å². The van der Waals surface area contributed by atoms with Crippen LogP contribution >= 0.6 is 34.3 Å². The van der Waals surface area contributed by atoms with E-state index in [1.165, 1.54) is 27.2 Å². The van der Waals surface area contributed by atoms with E-state index in [-0.39, 0.29) is 41.8 Å². The van der Waals surface area contributed by atoms with Gasteiger partial charge in [-0.25, -0.2) is 19.9 Å². The van der Waals surface area contributed by atoms with E-state index >= 15 is 0 Å². The highest BCUT2D eigenvalue weighted by atomic mass is 35.5. The van der Waals surface area contributed by atoms with Crippen molar-refractivity contribution in [3.05, 3.63) is 61.9 Å². The maximum Gasteiger partial charge on any atom is 0.226 e. The Balaban J connectivity index is 0.000000172.